The lowest BCUT2D eigenvalue weighted by atomic mass is 10.0. The van der Waals surface area contributed by atoms with Crippen molar-refractivity contribution in [2.75, 3.05) is 13.1 Å². The van der Waals surface area contributed by atoms with Gasteiger partial charge >= 0.3 is 0 Å². The molecule has 0 spiro atoms. The van der Waals surface area contributed by atoms with Crippen molar-refractivity contribution in [3.63, 3.8) is 0 Å². The van der Waals surface area contributed by atoms with Crippen LogP contribution in [0.25, 0.3) is 5.57 Å². The minimum Gasteiger partial charge on any atom is -0.508 e. The van der Waals surface area contributed by atoms with Crippen LogP contribution in [0.5, 0.6) is 5.75 Å². The highest BCUT2D eigenvalue weighted by molar-refractivity contribution is 7.89. The summed E-state index contributed by atoms with van der Waals surface area (Å²) in [4.78, 5) is 0.246. The minimum atomic E-state index is -3.51. The van der Waals surface area contributed by atoms with Crippen molar-refractivity contribution in [2.45, 2.75) is 11.3 Å². The standard InChI is InChI=1S/C17H16ClNO3S/c18-15-4-6-17(7-5-15)23(21,22)19-10-8-13(9-11-19)14-2-1-3-16(20)12-14/h1-8,12,20H,9-11H2. The highest BCUT2D eigenvalue weighted by Gasteiger charge is 2.26. The van der Waals surface area contributed by atoms with Crippen molar-refractivity contribution in [2.24, 2.45) is 0 Å². The van der Waals surface area contributed by atoms with E-state index in [2.05, 4.69) is 0 Å². The molecule has 0 amide bonds. The largest absolute Gasteiger partial charge is 0.508 e. The topological polar surface area (TPSA) is 57.6 Å². The molecule has 0 radical (unpaired) electrons. The molecular weight excluding hydrogens is 334 g/mol. The van der Waals surface area contributed by atoms with E-state index in [4.69, 9.17) is 11.6 Å². The third-order valence-electron chi connectivity index (χ3n) is 3.84. The van der Waals surface area contributed by atoms with Gasteiger partial charge in [0.15, 0.2) is 0 Å². The third kappa shape index (κ3) is 3.42. The van der Waals surface area contributed by atoms with Gasteiger partial charge in [0, 0.05) is 18.1 Å². The molecule has 120 valence electrons. The minimum absolute atomic E-state index is 0.208. The maximum absolute atomic E-state index is 12.6. The van der Waals surface area contributed by atoms with Gasteiger partial charge in [0.05, 0.1) is 4.90 Å². The molecule has 1 aliphatic rings. The van der Waals surface area contributed by atoms with Crippen LogP contribution in [-0.4, -0.2) is 30.9 Å². The fraction of sp³-hybridized carbons (Fsp3) is 0.176. The summed E-state index contributed by atoms with van der Waals surface area (Å²) in [5.41, 5.74) is 1.97. The second-order valence-corrected chi connectivity index (χ2v) is 7.72. The van der Waals surface area contributed by atoms with Crippen LogP contribution in [0, 0.1) is 0 Å². The van der Waals surface area contributed by atoms with E-state index < -0.39 is 10.0 Å². The molecule has 4 nitrogen and oxygen atoms in total. The molecule has 0 unspecified atom stereocenters. The average molecular weight is 350 g/mol. The highest BCUT2D eigenvalue weighted by Crippen LogP contribution is 2.28. The smallest absolute Gasteiger partial charge is 0.243 e. The molecule has 0 aliphatic carbocycles. The average Bonchev–Trinajstić information content (AvgIpc) is 2.55. The van der Waals surface area contributed by atoms with E-state index in [1.165, 1.54) is 16.4 Å². The Kier molecular flexibility index (Phi) is 4.43. The van der Waals surface area contributed by atoms with Crippen molar-refractivity contribution < 1.29 is 13.5 Å². The normalized spacial score (nSPS) is 16.1. The van der Waals surface area contributed by atoms with Crippen LogP contribution in [0.2, 0.25) is 5.02 Å². The second-order valence-electron chi connectivity index (χ2n) is 5.35. The van der Waals surface area contributed by atoms with Crippen LogP contribution in [0.15, 0.2) is 59.5 Å². The van der Waals surface area contributed by atoms with Gasteiger partial charge in [-0.3, -0.25) is 0 Å². The van der Waals surface area contributed by atoms with E-state index in [0.29, 0.717) is 24.5 Å². The fourth-order valence-electron chi connectivity index (χ4n) is 2.59. The number of halogens is 1. The van der Waals surface area contributed by atoms with Crippen LogP contribution in [0.3, 0.4) is 0 Å². The number of rotatable bonds is 3. The van der Waals surface area contributed by atoms with Gasteiger partial charge in [-0.1, -0.05) is 29.8 Å². The second kappa shape index (κ2) is 6.35. The summed E-state index contributed by atoms with van der Waals surface area (Å²) in [6.07, 6.45) is 2.50. The van der Waals surface area contributed by atoms with E-state index in [1.54, 1.807) is 30.3 Å². The van der Waals surface area contributed by atoms with E-state index in [9.17, 15) is 13.5 Å². The van der Waals surface area contributed by atoms with Gasteiger partial charge in [-0.05, 0) is 54.0 Å². The Balaban J connectivity index is 1.81. The van der Waals surface area contributed by atoms with Crippen molar-refractivity contribution in [3.05, 3.63) is 65.2 Å². The number of hydrogen-bond acceptors (Lipinski definition) is 3. The van der Waals surface area contributed by atoms with E-state index in [0.717, 1.165) is 11.1 Å². The molecule has 0 saturated heterocycles. The first kappa shape index (κ1) is 16.1. The Bertz CT molecular complexity index is 844. The highest BCUT2D eigenvalue weighted by atomic mass is 35.5. The lowest BCUT2D eigenvalue weighted by molar-refractivity contribution is 0.441. The van der Waals surface area contributed by atoms with Gasteiger partial charge in [-0.25, -0.2) is 8.42 Å². The zero-order chi connectivity index (χ0) is 16.4. The Morgan fingerprint density at radius 1 is 1.09 bits per heavy atom. The first-order chi connectivity index (χ1) is 11.0. The van der Waals surface area contributed by atoms with E-state index >= 15 is 0 Å². The Hall–Kier alpha value is -1.82. The van der Waals surface area contributed by atoms with E-state index in [-0.39, 0.29) is 10.6 Å². The molecule has 0 fully saturated rings. The molecule has 1 aliphatic heterocycles. The van der Waals surface area contributed by atoms with E-state index in [1.807, 2.05) is 12.1 Å². The third-order valence-corrected chi connectivity index (χ3v) is 5.97. The monoisotopic (exact) mass is 349 g/mol. The lowest BCUT2D eigenvalue weighted by Gasteiger charge is -2.26. The van der Waals surface area contributed by atoms with Gasteiger partial charge in [0.1, 0.15) is 5.75 Å². The summed E-state index contributed by atoms with van der Waals surface area (Å²) in [6, 6.07) is 13.2. The summed E-state index contributed by atoms with van der Waals surface area (Å²) in [6.45, 7) is 0.725. The number of benzene rings is 2. The van der Waals surface area contributed by atoms with Crippen LogP contribution in [0.4, 0.5) is 0 Å². The summed E-state index contributed by atoms with van der Waals surface area (Å²) >= 11 is 5.81. The van der Waals surface area contributed by atoms with Crippen molar-refractivity contribution in [1.82, 2.24) is 4.31 Å². The van der Waals surface area contributed by atoms with Gasteiger partial charge < -0.3 is 5.11 Å². The first-order valence-corrected chi connectivity index (χ1v) is 9.03. The molecule has 1 N–H and O–H groups in total. The number of nitrogens with zero attached hydrogens (tertiary/aromatic N) is 1. The molecule has 2 aromatic carbocycles. The molecule has 0 saturated carbocycles. The number of phenols is 1. The number of phenolic OH excluding ortho intramolecular Hbond substituents is 1. The van der Waals surface area contributed by atoms with Gasteiger partial charge in [-0.2, -0.15) is 4.31 Å². The van der Waals surface area contributed by atoms with Gasteiger partial charge in [0.2, 0.25) is 10.0 Å². The van der Waals surface area contributed by atoms with Crippen LogP contribution in [-0.2, 0) is 10.0 Å². The Labute approximate surface area is 140 Å². The van der Waals surface area contributed by atoms with Crippen LogP contribution < -0.4 is 0 Å². The quantitative estimate of drug-likeness (QED) is 0.922. The van der Waals surface area contributed by atoms with Gasteiger partial charge in [0.25, 0.3) is 0 Å². The first-order valence-electron chi connectivity index (χ1n) is 7.21. The fourth-order valence-corrected chi connectivity index (χ4v) is 4.10. The molecule has 6 heteroatoms. The molecule has 0 aromatic heterocycles. The zero-order valence-corrected chi connectivity index (χ0v) is 13.9. The molecule has 1 heterocycles. The predicted molar refractivity (Wildman–Crippen MR) is 90.9 cm³/mol. The molecule has 3 rings (SSSR count). The molecule has 2 aromatic rings. The van der Waals surface area contributed by atoms with Crippen LogP contribution >= 0.6 is 11.6 Å². The number of aromatic hydroxyl groups is 1. The Morgan fingerprint density at radius 3 is 2.43 bits per heavy atom. The van der Waals surface area contributed by atoms with Crippen molar-refractivity contribution in [3.8, 4) is 5.75 Å². The maximum atomic E-state index is 12.6. The predicted octanol–water partition coefficient (Wildman–Crippen LogP) is 3.52. The van der Waals surface area contributed by atoms with Crippen molar-refractivity contribution in [1.29, 1.82) is 0 Å². The zero-order valence-electron chi connectivity index (χ0n) is 12.3. The SMILES string of the molecule is O=S(=O)(c1ccc(Cl)cc1)N1CC=C(c2cccc(O)c2)CC1. The molecule has 0 bridgehead atoms. The summed E-state index contributed by atoms with van der Waals surface area (Å²) in [5.74, 6) is 0.208. The number of sulfonamides is 1. The van der Waals surface area contributed by atoms with Crippen LogP contribution in [0.1, 0.15) is 12.0 Å². The molecule has 0 atom stereocenters. The van der Waals surface area contributed by atoms with Crippen molar-refractivity contribution >= 4 is 27.2 Å². The maximum Gasteiger partial charge on any atom is 0.243 e. The Morgan fingerprint density at radius 2 is 1.83 bits per heavy atom. The molecular formula is C17H16ClNO3S. The summed E-state index contributed by atoms with van der Waals surface area (Å²) < 4.78 is 26.7. The number of hydrogen-bond donors (Lipinski definition) is 1. The lowest BCUT2D eigenvalue weighted by Crippen LogP contribution is -2.34. The molecule has 23 heavy (non-hydrogen) atoms. The summed E-state index contributed by atoms with van der Waals surface area (Å²) in [7, 11) is -3.51. The van der Waals surface area contributed by atoms with Gasteiger partial charge in [-0.15, -0.1) is 0 Å². The summed E-state index contributed by atoms with van der Waals surface area (Å²) in [5, 5.41) is 10.1.